The zero-order chi connectivity index (χ0) is 12.4. The second-order valence-corrected chi connectivity index (χ2v) is 4.71. The van der Waals surface area contributed by atoms with Gasteiger partial charge in [0.1, 0.15) is 6.33 Å². The van der Waals surface area contributed by atoms with Crippen LogP contribution in [0.2, 0.25) is 0 Å². The highest BCUT2D eigenvalue weighted by atomic mass is 16.1. The number of benzene rings is 1. The smallest absolute Gasteiger partial charge is 0.196 e. The van der Waals surface area contributed by atoms with E-state index in [0.717, 1.165) is 5.56 Å². The molecular weight excluding hydrogens is 224 g/mol. The fourth-order valence-electron chi connectivity index (χ4n) is 2.26. The fourth-order valence-corrected chi connectivity index (χ4v) is 2.26. The van der Waals surface area contributed by atoms with E-state index >= 15 is 0 Å². The van der Waals surface area contributed by atoms with E-state index in [1.165, 1.54) is 31.2 Å². The second-order valence-electron chi connectivity index (χ2n) is 4.71. The second kappa shape index (κ2) is 4.69. The van der Waals surface area contributed by atoms with Crippen molar-refractivity contribution in [2.24, 2.45) is 0 Å². The molecule has 1 aromatic carbocycles. The summed E-state index contributed by atoms with van der Waals surface area (Å²) in [5.74, 6) is 0.640. The van der Waals surface area contributed by atoms with Gasteiger partial charge in [0.05, 0.1) is 5.56 Å². The first-order valence-corrected chi connectivity index (χ1v) is 6.24. The van der Waals surface area contributed by atoms with Crippen LogP contribution in [-0.4, -0.2) is 15.8 Å². The van der Waals surface area contributed by atoms with Gasteiger partial charge in [0.15, 0.2) is 5.78 Å². The molecule has 3 heteroatoms. The zero-order valence-electron chi connectivity index (χ0n) is 10.0. The first-order chi connectivity index (χ1) is 8.84. The number of ketones is 1. The predicted octanol–water partition coefficient (Wildman–Crippen LogP) is 2.98. The van der Waals surface area contributed by atoms with Crippen molar-refractivity contribution in [1.29, 1.82) is 0 Å². The predicted molar refractivity (Wildman–Crippen MR) is 68.5 cm³/mol. The Morgan fingerprint density at radius 1 is 1.11 bits per heavy atom. The molecule has 0 atom stereocenters. The Labute approximate surface area is 106 Å². The zero-order valence-corrected chi connectivity index (χ0v) is 10.0. The first kappa shape index (κ1) is 11.1. The van der Waals surface area contributed by atoms with Crippen LogP contribution in [0.25, 0.3) is 0 Å². The third kappa shape index (κ3) is 2.04. The van der Waals surface area contributed by atoms with E-state index in [9.17, 15) is 4.79 Å². The summed E-state index contributed by atoms with van der Waals surface area (Å²) in [5.41, 5.74) is 2.56. The maximum absolute atomic E-state index is 12.2. The van der Waals surface area contributed by atoms with Gasteiger partial charge in [-0.25, -0.2) is 9.97 Å². The van der Waals surface area contributed by atoms with E-state index < -0.39 is 0 Å². The normalized spacial score (nSPS) is 15.1. The number of hydrogen-bond donors (Lipinski definition) is 0. The maximum atomic E-state index is 12.2. The van der Waals surface area contributed by atoms with Gasteiger partial charge in [0.2, 0.25) is 0 Å². The van der Waals surface area contributed by atoms with Gasteiger partial charge in [-0.1, -0.05) is 24.6 Å². The lowest BCUT2D eigenvalue weighted by molar-refractivity contribution is 0.103. The monoisotopic (exact) mass is 238 g/mol. The summed E-state index contributed by atoms with van der Waals surface area (Å²) in [7, 11) is 0. The molecule has 0 spiro atoms. The molecule has 3 rings (SSSR count). The fraction of sp³-hybridized carbons (Fsp3) is 0.267. The van der Waals surface area contributed by atoms with Crippen LogP contribution in [0.15, 0.2) is 43.0 Å². The number of aromatic nitrogens is 2. The number of carbonyl (C=O) groups is 1. The molecule has 1 saturated carbocycles. The van der Waals surface area contributed by atoms with Gasteiger partial charge in [-0.3, -0.25) is 4.79 Å². The highest BCUT2D eigenvalue weighted by molar-refractivity contribution is 6.08. The molecule has 0 radical (unpaired) electrons. The van der Waals surface area contributed by atoms with E-state index in [-0.39, 0.29) is 5.78 Å². The standard InChI is InChI=1S/C15H14N2O/c18-15(14-8-16-10-17-9-14)13-6-2-5-12(7-13)11-3-1-4-11/h2,5-11H,1,3-4H2. The Morgan fingerprint density at radius 2 is 1.89 bits per heavy atom. The molecule has 0 bridgehead atoms. The Kier molecular flexibility index (Phi) is 2.89. The summed E-state index contributed by atoms with van der Waals surface area (Å²) in [5, 5.41) is 0. The Balaban J connectivity index is 1.90. The summed E-state index contributed by atoms with van der Waals surface area (Å²) in [6.07, 6.45) is 8.34. The van der Waals surface area contributed by atoms with Crippen LogP contribution >= 0.6 is 0 Å². The summed E-state index contributed by atoms with van der Waals surface area (Å²) in [4.78, 5) is 20.0. The minimum absolute atomic E-state index is 0.00299. The van der Waals surface area contributed by atoms with Crippen molar-refractivity contribution in [3.05, 3.63) is 59.7 Å². The molecule has 1 aliphatic carbocycles. The molecular formula is C15H14N2O. The average Bonchev–Trinajstić information content (AvgIpc) is 2.37. The van der Waals surface area contributed by atoms with Crippen molar-refractivity contribution >= 4 is 5.78 Å². The molecule has 18 heavy (non-hydrogen) atoms. The van der Waals surface area contributed by atoms with Crippen molar-refractivity contribution < 1.29 is 4.79 Å². The molecule has 90 valence electrons. The first-order valence-electron chi connectivity index (χ1n) is 6.24. The SMILES string of the molecule is O=C(c1cncnc1)c1cccc(C2CCC2)c1. The quantitative estimate of drug-likeness (QED) is 0.772. The highest BCUT2D eigenvalue weighted by Crippen LogP contribution is 2.36. The van der Waals surface area contributed by atoms with E-state index in [1.54, 1.807) is 12.4 Å². The van der Waals surface area contributed by atoms with Crippen LogP contribution in [0.3, 0.4) is 0 Å². The van der Waals surface area contributed by atoms with Gasteiger partial charge in [-0.05, 0) is 30.4 Å². The maximum Gasteiger partial charge on any atom is 0.196 e. The average molecular weight is 238 g/mol. The number of hydrogen-bond acceptors (Lipinski definition) is 3. The van der Waals surface area contributed by atoms with E-state index in [2.05, 4.69) is 16.0 Å². The molecule has 0 unspecified atom stereocenters. The molecule has 3 nitrogen and oxygen atoms in total. The minimum atomic E-state index is -0.00299. The molecule has 0 N–H and O–H groups in total. The van der Waals surface area contributed by atoms with E-state index in [1.807, 2.05) is 18.2 Å². The van der Waals surface area contributed by atoms with Crippen molar-refractivity contribution in [3.63, 3.8) is 0 Å². The molecule has 1 aliphatic rings. The van der Waals surface area contributed by atoms with Gasteiger partial charge in [0.25, 0.3) is 0 Å². The van der Waals surface area contributed by atoms with Crippen molar-refractivity contribution in [1.82, 2.24) is 9.97 Å². The molecule has 1 fully saturated rings. The van der Waals surface area contributed by atoms with Crippen molar-refractivity contribution in [2.75, 3.05) is 0 Å². The summed E-state index contributed by atoms with van der Waals surface area (Å²) < 4.78 is 0. The number of carbonyl (C=O) groups excluding carboxylic acids is 1. The third-order valence-corrected chi connectivity index (χ3v) is 3.55. The molecule has 1 heterocycles. The Bertz CT molecular complexity index is 562. The molecule has 0 amide bonds. The Hall–Kier alpha value is -2.03. The summed E-state index contributed by atoms with van der Waals surface area (Å²) in [6, 6.07) is 7.95. The van der Waals surface area contributed by atoms with Crippen molar-refractivity contribution in [3.8, 4) is 0 Å². The lowest BCUT2D eigenvalue weighted by atomic mass is 9.79. The summed E-state index contributed by atoms with van der Waals surface area (Å²) >= 11 is 0. The van der Waals surface area contributed by atoms with E-state index in [0.29, 0.717) is 11.5 Å². The minimum Gasteiger partial charge on any atom is -0.288 e. The lowest BCUT2D eigenvalue weighted by Crippen LogP contribution is -2.10. The summed E-state index contributed by atoms with van der Waals surface area (Å²) in [6.45, 7) is 0. The third-order valence-electron chi connectivity index (χ3n) is 3.55. The molecule has 1 aromatic heterocycles. The van der Waals surface area contributed by atoms with Gasteiger partial charge in [-0.15, -0.1) is 0 Å². The van der Waals surface area contributed by atoms with Crippen LogP contribution < -0.4 is 0 Å². The Morgan fingerprint density at radius 3 is 2.56 bits per heavy atom. The van der Waals surface area contributed by atoms with Crippen LogP contribution in [0, 0.1) is 0 Å². The van der Waals surface area contributed by atoms with Crippen LogP contribution in [-0.2, 0) is 0 Å². The largest absolute Gasteiger partial charge is 0.288 e. The lowest BCUT2D eigenvalue weighted by Gasteiger charge is -2.26. The van der Waals surface area contributed by atoms with Gasteiger partial charge < -0.3 is 0 Å². The van der Waals surface area contributed by atoms with Gasteiger partial charge >= 0.3 is 0 Å². The van der Waals surface area contributed by atoms with E-state index in [4.69, 9.17) is 0 Å². The topological polar surface area (TPSA) is 42.9 Å². The van der Waals surface area contributed by atoms with Crippen LogP contribution in [0.1, 0.15) is 46.7 Å². The van der Waals surface area contributed by atoms with Crippen LogP contribution in [0.4, 0.5) is 0 Å². The molecule has 0 aliphatic heterocycles. The highest BCUT2D eigenvalue weighted by Gasteiger charge is 2.20. The number of rotatable bonds is 3. The van der Waals surface area contributed by atoms with Crippen LogP contribution in [0.5, 0.6) is 0 Å². The number of nitrogens with zero attached hydrogens (tertiary/aromatic N) is 2. The molecule has 0 saturated heterocycles. The molecule has 2 aromatic rings. The van der Waals surface area contributed by atoms with Gasteiger partial charge in [-0.2, -0.15) is 0 Å². The van der Waals surface area contributed by atoms with Gasteiger partial charge in [0, 0.05) is 18.0 Å². The van der Waals surface area contributed by atoms with Crippen molar-refractivity contribution in [2.45, 2.75) is 25.2 Å².